The van der Waals surface area contributed by atoms with Crippen molar-refractivity contribution in [2.24, 2.45) is 17.8 Å². The van der Waals surface area contributed by atoms with Gasteiger partial charge in [-0.2, -0.15) is 0 Å². The van der Waals surface area contributed by atoms with Gasteiger partial charge < -0.3 is 0 Å². The van der Waals surface area contributed by atoms with E-state index in [1.807, 2.05) is 12.1 Å². The maximum atomic E-state index is 12.7. The van der Waals surface area contributed by atoms with Crippen LogP contribution in [0.15, 0.2) is 29.2 Å². The topological polar surface area (TPSA) is 46.2 Å². The Kier molecular flexibility index (Phi) is 4.20. The van der Waals surface area contributed by atoms with Gasteiger partial charge in [-0.05, 0) is 92.2 Å². The minimum atomic E-state index is -3.38. The van der Waals surface area contributed by atoms with Crippen LogP contribution in [0.5, 0.6) is 0 Å². The molecule has 5 aliphatic carbocycles. The SMILES string of the molecule is O=S(=O)(NC1CCCCC1)c1ccc(C23CC4CC(CC(C4)C2)C3)cc1. The highest BCUT2D eigenvalue weighted by molar-refractivity contribution is 7.89. The Hall–Kier alpha value is -0.870. The molecule has 26 heavy (non-hydrogen) atoms. The fourth-order valence-corrected chi connectivity index (χ4v) is 8.26. The van der Waals surface area contributed by atoms with Gasteiger partial charge in [0.1, 0.15) is 0 Å². The lowest BCUT2D eigenvalue weighted by Gasteiger charge is -2.57. The van der Waals surface area contributed by atoms with Gasteiger partial charge in [-0.1, -0.05) is 31.4 Å². The fraction of sp³-hybridized carbons (Fsp3) is 0.727. The third-order valence-electron chi connectivity index (χ3n) is 7.74. The minimum absolute atomic E-state index is 0.122. The van der Waals surface area contributed by atoms with E-state index in [-0.39, 0.29) is 6.04 Å². The second kappa shape index (κ2) is 6.34. The molecule has 0 heterocycles. The van der Waals surface area contributed by atoms with Crippen molar-refractivity contribution in [1.29, 1.82) is 0 Å². The number of hydrogen-bond donors (Lipinski definition) is 1. The lowest BCUT2D eigenvalue weighted by Crippen LogP contribution is -2.48. The largest absolute Gasteiger partial charge is 0.240 e. The van der Waals surface area contributed by atoms with Crippen LogP contribution in [-0.4, -0.2) is 14.5 Å². The molecule has 1 N–H and O–H groups in total. The van der Waals surface area contributed by atoms with Crippen LogP contribution >= 0.6 is 0 Å². The van der Waals surface area contributed by atoms with Crippen molar-refractivity contribution >= 4 is 10.0 Å². The summed E-state index contributed by atoms with van der Waals surface area (Å²) < 4.78 is 28.4. The van der Waals surface area contributed by atoms with Gasteiger partial charge >= 0.3 is 0 Å². The summed E-state index contributed by atoms with van der Waals surface area (Å²) in [5, 5.41) is 0. The molecule has 0 saturated heterocycles. The summed E-state index contributed by atoms with van der Waals surface area (Å²) in [6.45, 7) is 0. The van der Waals surface area contributed by atoms with E-state index in [4.69, 9.17) is 0 Å². The first kappa shape index (κ1) is 17.2. The van der Waals surface area contributed by atoms with E-state index < -0.39 is 10.0 Å². The first-order valence-electron chi connectivity index (χ1n) is 10.7. The summed E-state index contributed by atoms with van der Waals surface area (Å²) in [5.74, 6) is 2.74. The predicted octanol–water partition coefficient (Wildman–Crippen LogP) is 4.77. The van der Waals surface area contributed by atoms with E-state index in [0.29, 0.717) is 10.3 Å². The molecular weight excluding hydrogens is 342 g/mol. The second-order valence-electron chi connectivity index (χ2n) is 9.68. The molecule has 0 unspecified atom stereocenters. The maximum Gasteiger partial charge on any atom is 0.240 e. The van der Waals surface area contributed by atoms with Crippen molar-refractivity contribution in [3.63, 3.8) is 0 Å². The van der Waals surface area contributed by atoms with Crippen molar-refractivity contribution in [3.05, 3.63) is 29.8 Å². The Balaban J connectivity index is 1.36. The molecule has 3 nitrogen and oxygen atoms in total. The number of benzene rings is 1. The zero-order chi connectivity index (χ0) is 17.8. The molecule has 142 valence electrons. The van der Waals surface area contributed by atoms with Crippen LogP contribution in [-0.2, 0) is 15.4 Å². The van der Waals surface area contributed by atoms with E-state index >= 15 is 0 Å². The number of hydrogen-bond acceptors (Lipinski definition) is 2. The molecular formula is C22H31NO2S. The third kappa shape index (κ3) is 3.03. The van der Waals surface area contributed by atoms with Crippen molar-refractivity contribution in [3.8, 4) is 0 Å². The van der Waals surface area contributed by atoms with Gasteiger partial charge in [-0.25, -0.2) is 13.1 Å². The summed E-state index contributed by atoms with van der Waals surface area (Å²) in [6.07, 6.45) is 13.8. The molecule has 1 aromatic rings. The minimum Gasteiger partial charge on any atom is -0.208 e. The highest BCUT2D eigenvalue weighted by Gasteiger charge is 2.51. The Bertz CT molecular complexity index is 727. The summed E-state index contributed by atoms with van der Waals surface area (Å²) in [7, 11) is -3.38. The maximum absolute atomic E-state index is 12.7. The number of rotatable bonds is 4. The molecule has 4 bridgehead atoms. The molecule has 0 radical (unpaired) electrons. The Morgan fingerprint density at radius 1 is 0.808 bits per heavy atom. The quantitative estimate of drug-likeness (QED) is 0.827. The number of sulfonamides is 1. The zero-order valence-electron chi connectivity index (χ0n) is 15.6. The van der Waals surface area contributed by atoms with E-state index in [1.165, 1.54) is 50.5 Å². The van der Waals surface area contributed by atoms with Crippen molar-refractivity contribution < 1.29 is 8.42 Å². The Morgan fingerprint density at radius 2 is 1.35 bits per heavy atom. The van der Waals surface area contributed by atoms with Crippen molar-refractivity contribution in [2.75, 3.05) is 0 Å². The van der Waals surface area contributed by atoms with Gasteiger partial charge in [0, 0.05) is 6.04 Å². The predicted molar refractivity (Wildman–Crippen MR) is 103 cm³/mol. The average Bonchev–Trinajstić information content (AvgIpc) is 2.61. The van der Waals surface area contributed by atoms with E-state index in [0.717, 1.165) is 43.4 Å². The first-order chi connectivity index (χ1) is 12.5. The van der Waals surface area contributed by atoms with Crippen molar-refractivity contribution in [2.45, 2.75) is 87.0 Å². The monoisotopic (exact) mass is 373 g/mol. The molecule has 5 aliphatic rings. The molecule has 0 aliphatic heterocycles. The fourth-order valence-electron chi connectivity index (χ4n) is 6.96. The van der Waals surface area contributed by atoms with Crippen LogP contribution in [0.4, 0.5) is 0 Å². The molecule has 4 heteroatoms. The summed E-state index contributed by atoms with van der Waals surface area (Å²) in [4.78, 5) is 0.441. The number of nitrogens with one attached hydrogen (secondary N) is 1. The van der Waals surface area contributed by atoms with E-state index in [2.05, 4.69) is 16.9 Å². The lowest BCUT2D eigenvalue weighted by atomic mass is 9.48. The first-order valence-corrected chi connectivity index (χ1v) is 12.1. The highest BCUT2D eigenvalue weighted by Crippen LogP contribution is 2.60. The lowest BCUT2D eigenvalue weighted by molar-refractivity contribution is -0.00521. The van der Waals surface area contributed by atoms with Crippen LogP contribution in [0.3, 0.4) is 0 Å². The average molecular weight is 374 g/mol. The smallest absolute Gasteiger partial charge is 0.208 e. The standard InChI is InChI=1S/C22H31NO2S/c24-26(25,23-20-4-2-1-3-5-20)21-8-6-19(7-9-21)22-13-16-10-17(14-22)12-18(11-16)15-22/h6-9,16-18,20,23H,1-5,10-15H2. The van der Waals surface area contributed by atoms with Crippen LogP contribution in [0.2, 0.25) is 0 Å². The van der Waals surface area contributed by atoms with Crippen LogP contribution < -0.4 is 4.72 Å². The molecule has 0 atom stereocenters. The van der Waals surface area contributed by atoms with Gasteiger partial charge in [0.05, 0.1) is 4.90 Å². The summed E-state index contributed by atoms with van der Waals surface area (Å²) in [6, 6.07) is 8.10. The molecule has 0 spiro atoms. The Labute approximate surface area is 158 Å². The van der Waals surface area contributed by atoms with Gasteiger partial charge in [0.2, 0.25) is 10.0 Å². The van der Waals surface area contributed by atoms with Crippen LogP contribution in [0.1, 0.15) is 76.2 Å². The van der Waals surface area contributed by atoms with Gasteiger partial charge in [0.15, 0.2) is 0 Å². The summed E-state index contributed by atoms with van der Waals surface area (Å²) >= 11 is 0. The van der Waals surface area contributed by atoms with E-state index in [1.54, 1.807) is 0 Å². The van der Waals surface area contributed by atoms with Gasteiger partial charge in [-0.15, -0.1) is 0 Å². The van der Waals surface area contributed by atoms with E-state index in [9.17, 15) is 8.42 Å². The molecule has 5 saturated carbocycles. The van der Waals surface area contributed by atoms with Crippen LogP contribution in [0, 0.1) is 17.8 Å². The van der Waals surface area contributed by atoms with Gasteiger partial charge in [0.25, 0.3) is 0 Å². The molecule has 5 fully saturated rings. The Morgan fingerprint density at radius 3 is 1.88 bits per heavy atom. The second-order valence-corrected chi connectivity index (χ2v) is 11.4. The summed E-state index contributed by atoms with van der Waals surface area (Å²) in [5.41, 5.74) is 1.74. The van der Waals surface area contributed by atoms with Crippen LogP contribution in [0.25, 0.3) is 0 Å². The molecule has 0 aromatic heterocycles. The zero-order valence-corrected chi connectivity index (χ0v) is 16.4. The normalized spacial score (nSPS) is 37.2. The third-order valence-corrected chi connectivity index (χ3v) is 9.28. The highest BCUT2D eigenvalue weighted by atomic mass is 32.2. The van der Waals surface area contributed by atoms with Gasteiger partial charge in [-0.3, -0.25) is 0 Å². The molecule has 1 aromatic carbocycles. The molecule has 0 amide bonds. The molecule has 6 rings (SSSR count). The van der Waals surface area contributed by atoms with Crippen molar-refractivity contribution in [1.82, 2.24) is 4.72 Å².